The molecule has 1 fully saturated rings. The zero-order valence-electron chi connectivity index (χ0n) is 16.8. The van der Waals surface area contributed by atoms with Crippen LogP contribution in [0.2, 0.25) is 0 Å². The van der Waals surface area contributed by atoms with E-state index in [1.807, 2.05) is 31.2 Å². The second-order valence-corrected chi connectivity index (χ2v) is 8.35. The van der Waals surface area contributed by atoms with E-state index in [9.17, 15) is 19.8 Å². The van der Waals surface area contributed by atoms with Gasteiger partial charge in [0, 0.05) is 25.2 Å². The van der Waals surface area contributed by atoms with Gasteiger partial charge >= 0.3 is 5.97 Å². The molecule has 0 aliphatic heterocycles. The van der Waals surface area contributed by atoms with Crippen LogP contribution in [-0.2, 0) is 16.0 Å². The summed E-state index contributed by atoms with van der Waals surface area (Å²) in [5, 5.41) is 27.3. The van der Waals surface area contributed by atoms with E-state index < -0.39 is 12.1 Å². The summed E-state index contributed by atoms with van der Waals surface area (Å²) in [5.41, 5.74) is 2.07. The third-order valence-corrected chi connectivity index (χ3v) is 5.51. The van der Waals surface area contributed by atoms with Crippen LogP contribution in [-0.4, -0.2) is 44.7 Å². The lowest BCUT2D eigenvalue weighted by Crippen LogP contribution is -2.09. The number of aromatic hydroxyl groups is 1. The van der Waals surface area contributed by atoms with Gasteiger partial charge in [-0.05, 0) is 54.9 Å². The fourth-order valence-corrected chi connectivity index (χ4v) is 3.56. The molecule has 2 atom stereocenters. The number of ketones is 1. The molecule has 2 rings (SSSR count). The Kier molecular flexibility index (Phi) is 11.6. The third kappa shape index (κ3) is 9.95. The Balaban J connectivity index is 0.000000370. The second kappa shape index (κ2) is 13.4. The number of aliphatic hydroxyl groups excluding tert-OH is 1. The van der Waals surface area contributed by atoms with E-state index in [1.165, 1.54) is 5.56 Å². The van der Waals surface area contributed by atoms with Crippen molar-refractivity contribution in [1.29, 1.82) is 0 Å². The molecule has 0 aromatic heterocycles. The number of phenols is 1. The molecule has 5 nitrogen and oxygen atoms in total. The Morgan fingerprint density at radius 1 is 1.32 bits per heavy atom. The van der Waals surface area contributed by atoms with Crippen molar-refractivity contribution in [3.63, 3.8) is 0 Å². The number of carboxylic acid groups (broad SMARTS) is 1. The summed E-state index contributed by atoms with van der Waals surface area (Å²) in [7, 11) is 0. The highest BCUT2D eigenvalue weighted by Gasteiger charge is 2.28. The molecule has 0 heterocycles. The number of aliphatic carboxylic acids is 1. The lowest BCUT2D eigenvalue weighted by atomic mass is 10.0. The molecule has 1 aromatic rings. The van der Waals surface area contributed by atoms with Gasteiger partial charge in [-0.3, -0.25) is 9.59 Å². The molecule has 28 heavy (non-hydrogen) atoms. The van der Waals surface area contributed by atoms with Crippen LogP contribution in [0.25, 0.3) is 0 Å². The van der Waals surface area contributed by atoms with E-state index in [1.54, 1.807) is 17.8 Å². The maximum atomic E-state index is 11.2. The number of carbonyl (C=O) groups is 2. The first-order valence-corrected chi connectivity index (χ1v) is 10.9. The maximum Gasteiger partial charge on any atom is 0.303 e. The number of phenolic OH excluding ortho intramolecular Hbond substituents is 1. The number of hydrogen-bond acceptors (Lipinski definition) is 5. The molecule has 0 radical (unpaired) electrons. The summed E-state index contributed by atoms with van der Waals surface area (Å²) in [5.74, 6) is 1.84. The van der Waals surface area contributed by atoms with Crippen LogP contribution in [0.5, 0.6) is 5.75 Å². The van der Waals surface area contributed by atoms with Crippen molar-refractivity contribution in [3.05, 3.63) is 41.5 Å². The second-order valence-electron chi connectivity index (χ2n) is 6.96. The van der Waals surface area contributed by atoms with Gasteiger partial charge in [0.2, 0.25) is 0 Å². The van der Waals surface area contributed by atoms with Gasteiger partial charge in [0.15, 0.2) is 0 Å². The monoisotopic (exact) mass is 408 g/mol. The molecule has 1 aromatic carbocycles. The van der Waals surface area contributed by atoms with Gasteiger partial charge in [0.25, 0.3) is 0 Å². The van der Waals surface area contributed by atoms with E-state index in [-0.39, 0.29) is 11.7 Å². The number of carbonyl (C=O) groups excluding carboxylic acids is 1. The minimum absolute atomic E-state index is 0.00551. The van der Waals surface area contributed by atoms with Crippen LogP contribution in [0.15, 0.2) is 30.4 Å². The predicted molar refractivity (Wildman–Crippen MR) is 114 cm³/mol. The van der Waals surface area contributed by atoms with E-state index in [0.29, 0.717) is 25.0 Å². The van der Waals surface area contributed by atoms with Crippen molar-refractivity contribution >= 4 is 23.5 Å². The first-order valence-electron chi connectivity index (χ1n) is 9.78. The van der Waals surface area contributed by atoms with Crippen molar-refractivity contribution in [2.24, 2.45) is 5.92 Å². The number of carboxylic acids is 1. The SMILES string of the molecule is CCSCCCC(=O)O.Cc1cc(CC/C=C/[C@@H]2CC(=O)CC2O)ccc1O. The highest BCUT2D eigenvalue weighted by atomic mass is 32.2. The van der Waals surface area contributed by atoms with Crippen LogP contribution in [0.3, 0.4) is 0 Å². The fraction of sp³-hybridized carbons (Fsp3) is 0.545. The van der Waals surface area contributed by atoms with E-state index in [4.69, 9.17) is 5.11 Å². The van der Waals surface area contributed by atoms with Crippen LogP contribution in [0.4, 0.5) is 0 Å². The molecule has 0 bridgehead atoms. The Bertz CT molecular complexity index is 656. The number of Topliss-reactive ketones (excluding diaryl/α,β-unsaturated/α-hetero) is 1. The van der Waals surface area contributed by atoms with E-state index in [2.05, 4.69) is 6.92 Å². The molecular formula is C22H32O5S. The van der Waals surface area contributed by atoms with E-state index in [0.717, 1.165) is 36.3 Å². The van der Waals surface area contributed by atoms with Crippen LogP contribution in [0.1, 0.15) is 50.2 Å². The molecule has 0 amide bonds. The Morgan fingerprint density at radius 2 is 2.07 bits per heavy atom. The number of aliphatic hydroxyl groups is 1. The zero-order valence-corrected chi connectivity index (χ0v) is 17.6. The molecule has 0 saturated heterocycles. The highest BCUT2D eigenvalue weighted by molar-refractivity contribution is 7.99. The number of thioether (sulfide) groups is 1. The largest absolute Gasteiger partial charge is 0.508 e. The number of benzene rings is 1. The van der Waals surface area contributed by atoms with Gasteiger partial charge < -0.3 is 15.3 Å². The lowest BCUT2D eigenvalue weighted by Gasteiger charge is -2.07. The summed E-state index contributed by atoms with van der Waals surface area (Å²) in [6.45, 7) is 3.96. The van der Waals surface area contributed by atoms with E-state index >= 15 is 0 Å². The molecule has 1 aliphatic rings. The highest BCUT2D eigenvalue weighted by Crippen LogP contribution is 2.24. The van der Waals surface area contributed by atoms with Gasteiger partial charge in [-0.15, -0.1) is 0 Å². The van der Waals surface area contributed by atoms with Gasteiger partial charge in [0.1, 0.15) is 11.5 Å². The zero-order chi connectivity index (χ0) is 20.9. The van der Waals surface area contributed by atoms with Gasteiger partial charge in [-0.1, -0.05) is 31.2 Å². The Labute approximate surface area is 171 Å². The smallest absolute Gasteiger partial charge is 0.303 e. The predicted octanol–water partition coefficient (Wildman–Crippen LogP) is 4.13. The quantitative estimate of drug-likeness (QED) is 0.420. The van der Waals surface area contributed by atoms with Crippen molar-refractivity contribution in [1.82, 2.24) is 0 Å². The first kappa shape index (κ1) is 24.2. The maximum absolute atomic E-state index is 11.2. The molecule has 3 N–H and O–H groups in total. The van der Waals surface area contributed by atoms with Gasteiger partial charge in [0.05, 0.1) is 6.10 Å². The normalized spacial score (nSPS) is 18.9. The molecule has 156 valence electrons. The summed E-state index contributed by atoms with van der Waals surface area (Å²) in [6.07, 6.45) is 7.15. The van der Waals surface area contributed by atoms with Crippen LogP contribution >= 0.6 is 11.8 Å². The Hall–Kier alpha value is -1.79. The van der Waals surface area contributed by atoms with Crippen LogP contribution in [0, 0.1) is 12.8 Å². The van der Waals surface area contributed by atoms with Crippen molar-refractivity contribution in [3.8, 4) is 5.75 Å². The number of aryl methyl sites for hydroxylation is 2. The summed E-state index contributed by atoms with van der Waals surface area (Å²) in [4.78, 5) is 21.1. The molecule has 6 heteroatoms. The minimum Gasteiger partial charge on any atom is -0.508 e. The summed E-state index contributed by atoms with van der Waals surface area (Å²) in [6, 6.07) is 5.62. The minimum atomic E-state index is -0.688. The summed E-state index contributed by atoms with van der Waals surface area (Å²) < 4.78 is 0. The average Bonchev–Trinajstić information content (AvgIpc) is 2.96. The molecule has 0 spiro atoms. The van der Waals surface area contributed by atoms with Crippen molar-refractivity contribution in [2.45, 2.75) is 58.5 Å². The van der Waals surface area contributed by atoms with Gasteiger partial charge in [-0.25, -0.2) is 0 Å². The Morgan fingerprint density at radius 3 is 2.64 bits per heavy atom. The number of allylic oxidation sites excluding steroid dienone is 1. The van der Waals surface area contributed by atoms with Crippen LogP contribution < -0.4 is 0 Å². The van der Waals surface area contributed by atoms with Crippen molar-refractivity contribution in [2.75, 3.05) is 11.5 Å². The lowest BCUT2D eigenvalue weighted by molar-refractivity contribution is -0.137. The third-order valence-electron chi connectivity index (χ3n) is 4.52. The summed E-state index contributed by atoms with van der Waals surface area (Å²) >= 11 is 1.79. The number of hydrogen-bond donors (Lipinski definition) is 3. The van der Waals surface area contributed by atoms with Gasteiger partial charge in [-0.2, -0.15) is 11.8 Å². The average molecular weight is 409 g/mol. The molecule has 1 unspecified atom stereocenters. The topological polar surface area (TPSA) is 94.8 Å². The number of rotatable bonds is 9. The molecule has 1 aliphatic carbocycles. The fourth-order valence-electron chi connectivity index (χ4n) is 2.93. The standard InChI is InChI=1S/C16H20O3.C6H12O2S/c1-11-8-12(6-7-15(11)18)4-2-3-5-13-9-14(17)10-16(13)19;1-2-9-5-3-4-6(7)8/h3,5-8,13,16,18-19H,2,4,9-10H2,1H3;2-5H2,1H3,(H,7,8)/b5-3+;/t13-,16?;/m1./s1. The molecule has 1 saturated carbocycles. The van der Waals surface area contributed by atoms with Crippen molar-refractivity contribution < 1.29 is 24.9 Å². The molecular weight excluding hydrogens is 376 g/mol. The first-order chi connectivity index (χ1) is 13.3.